The van der Waals surface area contributed by atoms with Crippen molar-refractivity contribution in [2.75, 3.05) is 25.6 Å². The molecule has 20 heavy (non-hydrogen) atoms. The van der Waals surface area contributed by atoms with Gasteiger partial charge in [-0.25, -0.2) is 12.8 Å². The van der Waals surface area contributed by atoms with Crippen molar-refractivity contribution in [2.45, 2.75) is 26.0 Å². The van der Waals surface area contributed by atoms with E-state index in [2.05, 4.69) is 0 Å². The molecule has 1 aromatic rings. The number of aliphatic hydroxyl groups is 1. The van der Waals surface area contributed by atoms with E-state index < -0.39 is 15.9 Å². The first-order chi connectivity index (χ1) is 9.10. The van der Waals surface area contributed by atoms with Gasteiger partial charge >= 0.3 is 0 Å². The Morgan fingerprint density at radius 2 is 2.00 bits per heavy atom. The van der Waals surface area contributed by atoms with Gasteiger partial charge in [0.15, 0.2) is 0 Å². The Kier molecular flexibility index (Phi) is 5.68. The lowest BCUT2D eigenvalue weighted by molar-refractivity contribution is 0.112. The van der Waals surface area contributed by atoms with Gasteiger partial charge in [-0.15, -0.1) is 0 Å². The van der Waals surface area contributed by atoms with Crippen LogP contribution in [0, 0.1) is 12.7 Å². The molecule has 4 nitrogen and oxygen atoms in total. The van der Waals surface area contributed by atoms with Crippen molar-refractivity contribution in [3.8, 4) is 0 Å². The molecule has 0 saturated heterocycles. The monoisotopic (exact) mass is 303 g/mol. The van der Waals surface area contributed by atoms with Crippen LogP contribution in [0.5, 0.6) is 0 Å². The molecule has 0 heterocycles. The maximum absolute atomic E-state index is 13.0. The molecule has 2 unspecified atom stereocenters. The van der Waals surface area contributed by atoms with Gasteiger partial charge in [-0.3, -0.25) is 4.90 Å². The fourth-order valence-corrected chi connectivity index (χ4v) is 3.26. The summed E-state index contributed by atoms with van der Waals surface area (Å²) < 4.78 is 35.6. The lowest BCUT2D eigenvalue weighted by atomic mass is 10.0. The Bertz CT molecular complexity index is 560. The molecule has 6 heteroatoms. The van der Waals surface area contributed by atoms with Crippen molar-refractivity contribution >= 4 is 9.84 Å². The first-order valence-electron chi connectivity index (χ1n) is 6.42. The van der Waals surface area contributed by atoms with Crippen LogP contribution in [0.3, 0.4) is 0 Å². The average Bonchev–Trinajstić information content (AvgIpc) is 2.26. The normalized spacial score (nSPS) is 15.3. The van der Waals surface area contributed by atoms with Gasteiger partial charge in [0.05, 0.1) is 11.9 Å². The summed E-state index contributed by atoms with van der Waals surface area (Å²) in [4.78, 5) is 1.79. The van der Waals surface area contributed by atoms with E-state index in [1.165, 1.54) is 18.4 Å². The van der Waals surface area contributed by atoms with E-state index in [0.717, 1.165) is 0 Å². The zero-order chi connectivity index (χ0) is 15.5. The van der Waals surface area contributed by atoms with Gasteiger partial charge in [-0.1, -0.05) is 6.07 Å². The quantitative estimate of drug-likeness (QED) is 0.866. The minimum absolute atomic E-state index is 0.0403. The first-order valence-corrected chi connectivity index (χ1v) is 8.48. The third-order valence-electron chi connectivity index (χ3n) is 3.35. The molecule has 0 aromatic heterocycles. The van der Waals surface area contributed by atoms with E-state index in [4.69, 9.17) is 0 Å². The lowest BCUT2D eigenvalue weighted by Gasteiger charge is -2.27. The summed E-state index contributed by atoms with van der Waals surface area (Å²) in [5, 5.41) is 10.2. The molecule has 0 bridgehead atoms. The summed E-state index contributed by atoms with van der Waals surface area (Å²) in [7, 11) is -1.29. The molecular formula is C14H22FNO3S. The second-order valence-corrected chi connectivity index (χ2v) is 7.58. The van der Waals surface area contributed by atoms with Crippen molar-refractivity contribution in [3.05, 3.63) is 35.1 Å². The molecule has 0 aliphatic rings. The van der Waals surface area contributed by atoms with Crippen molar-refractivity contribution in [1.82, 2.24) is 4.90 Å². The van der Waals surface area contributed by atoms with Crippen LogP contribution in [0.2, 0.25) is 0 Å². The van der Waals surface area contributed by atoms with Gasteiger partial charge in [0.25, 0.3) is 0 Å². The highest BCUT2D eigenvalue weighted by molar-refractivity contribution is 7.90. The third kappa shape index (κ3) is 5.19. The van der Waals surface area contributed by atoms with Crippen LogP contribution in [0.25, 0.3) is 0 Å². The Balaban J connectivity index is 2.72. The number of halogens is 1. The Labute approximate surface area is 120 Å². The van der Waals surface area contributed by atoms with Gasteiger partial charge in [-0.2, -0.15) is 0 Å². The Morgan fingerprint density at radius 1 is 1.40 bits per heavy atom. The van der Waals surface area contributed by atoms with E-state index in [-0.39, 0.29) is 17.6 Å². The van der Waals surface area contributed by atoms with Crippen molar-refractivity contribution in [2.24, 2.45) is 0 Å². The standard InChI is InChI=1S/C14H22FNO3S/c1-10-7-12(15)5-6-13(10)14(17)8-16(3)11(2)9-20(4,18)19/h5-7,11,14,17H,8-9H2,1-4H3. The van der Waals surface area contributed by atoms with Crippen LogP contribution >= 0.6 is 0 Å². The van der Waals surface area contributed by atoms with Crippen LogP contribution in [-0.4, -0.2) is 50.1 Å². The molecule has 1 aromatic carbocycles. The van der Waals surface area contributed by atoms with Gasteiger partial charge in [0.1, 0.15) is 15.7 Å². The zero-order valence-corrected chi connectivity index (χ0v) is 13.1. The fourth-order valence-electron chi connectivity index (χ4n) is 2.13. The summed E-state index contributed by atoms with van der Waals surface area (Å²) in [6.45, 7) is 3.83. The van der Waals surface area contributed by atoms with Gasteiger partial charge < -0.3 is 5.11 Å². The van der Waals surface area contributed by atoms with Crippen molar-refractivity contribution in [3.63, 3.8) is 0 Å². The topological polar surface area (TPSA) is 57.6 Å². The fraction of sp³-hybridized carbons (Fsp3) is 0.571. The SMILES string of the molecule is Cc1cc(F)ccc1C(O)CN(C)C(C)CS(C)(=O)=O. The van der Waals surface area contributed by atoms with E-state index in [1.54, 1.807) is 31.9 Å². The zero-order valence-electron chi connectivity index (χ0n) is 12.3. The molecule has 114 valence electrons. The lowest BCUT2D eigenvalue weighted by Crippen LogP contribution is -2.37. The summed E-state index contributed by atoms with van der Waals surface area (Å²) in [6.07, 6.45) is 0.417. The van der Waals surface area contributed by atoms with E-state index in [1.807, 2.05) is 0 Å². The largest absolute Gasteiger partial charge is 0.387 e. The first kappa shape index (κ1) is 17.1. The van der Waals surface area contributed by atoms with Gasteiger partial charge in [0, 0.05) is 18.8 Å². The summed E-state index contributed by atoms with van der Waals surface area (Å²) in [5.41, 5.74) is 1.34. The summed E-state index contributed by atoms with van der Waals surface area (Å²) in [6, 6.07) is 4.05. The highest BCUT2D eigenvalue weighted by Crippen LogP contribution is 2.20. The molecule has 0 fully saturated rings. The minimum atomic E-state index is -3.06. The van der Waals surface area contributed by atoms with Gasteiger partial charge in [0.2, 0.25) is 0 Å². The second-order valence-electron chi connectivity index (χ2n) is 5.40. The van der Waals surface area contributed by atoms with E-state index >= 15 is 0 Å². The van der Waals surface area contributed by atoms with E-state index in [9.17, 15) is 17.9 Å². The molecule has 0 amide bonds. The number of benzene rings is 1. The Hall–Kier alpha value is -0.980. The second kappa shape index (κ2) is 6.65. The summed E-state index contributed by atoms with van der Waals surface area (Å²) in [5.74, 6) is -0.296. The molecule has 0 aliphatic carbocycles. The molecule has 1 N–H and O–H groups in total. The number of hydrogen-bond donors (Lipinski definition) is 1. The predicted octanol–water partition coefficient (Wildman–Crippen LogP) is 1.53. The van der Waals surface area contributed by atoms with Crippen LogP contribution in [-0.2, 0) is 9.84 Å². The number of likely N-dealkylation sites (N-methyl/N-ethyl adjacent to an activating group) is 1. The van der Waals surface area contributed by atoms with Gasteiger partial charge in [-0.05, 0) is 44.2 Å². The van der Waals surface area contributed by atoms with Crippen LogP contribution in [0.15, 0.2) is 18.2 Å². The summed E-state index contributed by atoms with van der Waals surface area (Å²) >= 11 is 0. The molecule has 2 atom stereocenters. The van der Waals surface area contributed by atoms with Crippen LogP contribution < -0.4 is 0 Å². The molecule has 0 aliphatic heterocycles. The highest BCUT2D eigenvalue weighted by Gasteiger charge is 2.19. The Morgan fingerprint density at radius 3 is 2.50 bits per heavy atom. The number of sulfone groups is 1. The van der Waals surface area contributed by atoms with Crippen molar-refractivity contribution in [1.29, 1.82) is 0 Å². The molecule has 0 saturated carbocycles. The van der Waals surface area contributed by atoms with E-state index in [0.29, 0.717) is 17.7 Å². The number of aliphatic hydroxyl groups excluding tert-OH is 1. The third-order valence-corrected chi connectivity index (χ3v) is 4.44. The van der Waals surface area contributed by atoms with Crippen LogP contribution in [0.4, 0.5) is 4.39 Å². The molecule has 0 spiro atoms. The number of hydrogen-bond acceptors (Lipinski definition) is 4. The number of rotatable bonds is 6. The maximum Gasteiger partial charge on any atom is 0.148 e. The predicted molar refractivity (Wildman–Crippen MR) is 77.9 cm³/mol. The molecular weight excluding hydrogens is 281 g/mol. The van der Waals surface area contributed by atoms with Crippen LogP contribution in [0.1, 0.15) is 24.2 Å². The maximum atomic E-state index is 13.0. The molecule has 0 radical (unpaired) electrons. The number of nitrogens with zero attached hydrogens (tertiary/aromatic N) is 1. The smallest absolute Gasteiger partial charge is 0.148 e. The average molecular weight is 303 g/mol. The molecule has 1 rings (SSSR count). The van der Waals surface area contributed by atoms with Crippen molar-refractivity contribution < 1.29 is 17.9 Å². The minimum Gasteiger partial charge on any atom is -0.387 e. The number of aryl methyl sites for hydroxylation is 1. The highest BCUT2D eigenvalue weighted by atomic mass is 32.2.